The molecule has 4 heteroatoms. The minimum Gasteiger partial charge on any atom is -0.367 e. The lowest BCUT2D eigenvalue weighted by Crippen LogP contribution is -2.22. The van der Waals surface area contributed by atoms with Crippen molar-refractivity contribution in [1.29, 1.82) is 0 Å². The van der Waals surface area contributed by atoms with Gasteiger partial charge < -0.3 is 10.3 Å². The lowest BCUT2D eigenvalue weighted by molar-refractivity contribution is 0.361. The third-order valence-electron chi connectivity index (χ3n) is 4.43. The summed E-state index contributed by atoms with van der Waals surface area (Å²) >= 11 is 0. The number of hydrogen-bond donors (Lipinski definition) is 1. The Morgan fingerprint density at radius 2 is 1.95 bits per heavy atom. The van der Waals surface area contributed by atoms with Crippen LogP contribution in [0.15, 0.2) is 29.0 Å². The molecule has 0 spiro atoms. The molecule has 3 rings (SSSR count). The van der Waals surface area contributed by atoms with E-state index in [1.54, 1.807) is 12.4 Å². The Balaban J connectivity index is 2.13. The van der Waals surface area contributed by atoms with Crippen molar-refractivity contribution in [2.45, 2.75) is 44.4 Å². The van der Waals surface area contributed by atoms with Gasteiger partial charge in [0.25, 0.3) is 0 Å². The van der Waals surface area contributed by atoms with E-state index in [0.29, 0.717) is 5.88 Å². The van der Waals surface area contributed by atoms with Gasteiger partial charge in [-0.05, 0) is 37.0 Å². The molecule has 0 atom stereocenters. The fourth-order valence-electron chi connectivity index (χ4n) is 3.27. The maximum absolute atomic E-state index is 6.01. The fraction of sp³-hybridized carbons (Fsp3) is 0.467. The highest BCUT2D eigenvalue weighted by atomic mass is 16.5. The monoisotopic (exact) mass is 257 g/mol. The van der Waals surface area contributed by atoms with Gasteiger partial charge in [0, 0.05) is 17.8 Å². The van der Waals surface area contributed by atoms with Crippen molar-refractivity contribution in [2.75, 3.05) is 5.73 Å². The summed E-state index contributed by atoms with van der Waals surface area (Å²) in [6, 6.07) is 3.93. The normalized spacial score (nSPS) is 17.7. The van der Waals surface area contributed by atoms with Crippen molar-refractivity contribution in [3.05, 3.63) is 30.2 Å². The first kappa shape index (κ1) is 12.2. The summed E-state index contributed by atoms with van der Waals surface area (Å²) in [5.74, 6) is 0.418. The zero-order valence-corrected chi connectivity index (χ0v) is 11.2. The largest absolute Gasteiger partial charge is 0.367 e. The predicted octanol–water partition coefficient (Wildman–Crippen LogP) is 3.54. The third kappa shape index (κ3) is 1.91. The number of rotatable bonds is 3. The Kier molecular flexibility index (Phi) is 3.01. The molecule has 100 valence electrons. The van der Waals surface area contributed by atoms with Gasteiger partial charge in [0.15, 0.2) is 0 Å². The lowest BCUT2D eigenvalue weighted by Gasteiger charge is -2.25. The third-order valence-corrected chi connectivity index (χ3v) is 4.43. The summed E-state index contributed by atoms with van der Waals surface area (Å²) in [6.45, 7) is 2.23. The number of nitrogens with zero attached hydrogens (tertiary/aromatic N) is 2. The Morgan fingerprint density at radius 3 is 2.58 bits per heavy atom. The Labute approximate surface area is 113 Å². The van der Waals surface area contributed by atoms with Crippen LogP contribution >= 0.6 is 0 Å². The summed E-state index contributed by atoms with van der Waals surface area (Å²) in [6.07, 6.45) is 9.50. The average molecular weight is 257 g/mol. The predicted molar refractivity (Wildman–Crippen MR) is 74.6 cm³/mol. The Hall–Kier alpha value is -1.84. The van der Waals surface area contributed by atoms with Crippen molar-refractivity contribution in [3.8, 4) is 11.1 Å². The van der Waals surface area contributed by atoms with Crippen LogP contribution in [0, 0.1) is 0 Å². The van der Waals surface area contributed by atoms with Crippen molar-refractivity contribution >= 4 is 5.88 Å². The Morgan fingerprint density at radius 1 is 1.26 bits per heavy atom. The summed E-state index contributed by atoms with van der Waals surface area (Å²) in [5, 5.41) is 4.30. The van der Waals surface area contributed by atoms with Crippen molar-refractivity contribution < 1.29 is 4.52 Å². The van der Waals surface area contributed by atoms with Gasteiger partial charge in [0.1, 0.15) is 0 Å². The minimum absolute atomic E-state index is 0.139. The van der Waals surface area contributed by atoms with Crippen LogP contribution in [0.2, 0.25) is 0 Å². The number of aromatic nitrogens is 2. The molecule has 1 aliphatic rings. The summed E-state index contributed by atoms with van der Waals surface area (Å²) in [5.41, 5.74) is 9.19. The van der Waals surface area contributed by atoms with Crippen LogP contribution in [0.25, 0.3) is 11.1 Å². The highest BCUT2D eigenvalue weighted by Gasteiger charge is 2.39. The highest BCUT2D eigenvalue weighted by Crippen LogP contribution is 2.47. The molecule has 4 nitrogen and oxygen atoms in total. The summed E-state index contributed by atoms with van der Waals surface area (Å²) in [7, 11) is 0. The molecule has 0 amide bonds. The number of anilines is 1. The van der Waals surface area contributed by atoms with Gasteiger partial charge >= 0.3 is 0 Å². The SMILES string of the molecule is CCC1(c2noc(N)c2-c2ccncc2)CCCC1. The summed E-state index contributed by atoms with van der Waals surface area (Å²) < 4.78 is 5.30. The number of nitrogens with two attached hydrogens (primary N) is 1. The zero-order chi connectivity index (χ0) is 13.3. The van der Waals surface area contributed by atoms with Crippen LogP contribution in [0.5, 0.6) is 0 Å². The molecule has 0 saturated heterocycles. The minimum atomic E-state index is 0.139. The van der Waals surface area contributed by atoms with Crippen molar-refractivity contribution in [2.24, 2.45) is 0 Å². The maximum atomic E-state index is 6.01. The van der Waals surface area contributed by atoms with Crippen LogP contribution in [-0.2, 0) is 5.41 Å². The smallest absolute Gasteiger partial charge is 0.230 e. The van der Waals surface area contributed by atoms with Crippen molar-refractivity contribution in [1.82, 2.24) is 10.1 Å². The molecule has 0 radical (unpaired) electrons. The van der Waals surface area contributed by atoms with E-state index in [1.807, 2.05) is 12.1 Å². The second kappa shape index (κ2) is 4.68. The fourth-order valence-corrected chi connectivity index (χ4v) is 3.27. The first-order chi connectivity index (χ1) is 9.27. The molecule has 19 heavy (non-hydrogen) atoms. The molecular formula is C15H19N3O. The van der Waals surface area contributed by atoms with E-state index in [1.165, 1.54) is 25.7 Å². The van der Waals surface area contributed by atoms with Crippen LogP contribution in [0.4, 0.5) is 5.88 Å². The molecule has 0 aromatic carbocycles. The molecule has 2 heterocycles. The number of pyridine rings is 1. The van der Waals surface area contributed by atoms with Crippen LogP contribution in [0.3, 0.4) is 0 Å². The topological polar surface area (TPSA) is 64.9 Å². The molecule has 1 fully saturated rings. The first-order valence-corrected chi connectivity index (χ1v) is 6.93. The van der Waals surface area contributed by atoms with Crippen LogP contribution in [-0.4, -0.2) is 10.1 Å². The van der Waals surface area contributed by atoms with E-state index in [-0.39, 0.29) is 5.41 Å². The van der Waals surface area contributed by atoms with E-state index in [0.717, 1.165) is 23.2 Å². The van der Waals surface area contributed by atoms with Gasteiger partial charge in [0.2, 0.25) is 5.88 Å². The van der Waals surface area contributed by atoms with Gasteiger partial charge in [-0.15, -0.1) is 0 Å². The molecular weight excluding hydrogens is 238 g/mol. The Bertz CT molecular complexity index is 556. The van der Waals surface area contributed by atoms with E-state index >= 15 is 0 Å². The van der Waals surface area contributed by atoms with Crippen LogP contribution < -0.4 is 5.73 Å². The average Bonchev–Trinajstić information content (AvgIpc) is 3.07. The molecule has 0 unspecified atom stereocenters. The van der Waals surface area contributed by atoms with E-state index < -0.39 is 0 Å². The standard InChI is InChI=1S/C15H19N3O/c1-2-15(7-3-4-8-15)13-12(14(16)19-18-13)11-5-9-17-10-6-11/h5-6,9-10H,2-4,7-8,16H2,1H3. The maximum Gasteiger partial charge on any atom is 0.230 e. The molecule has 2 aromatic rings. The quantitative estimate of drug-likeness (QED) is 0.913. The first-order valence-electron chi connectivity index (χ1n) is 6.93. The molecule has 0 aliphatic heterocycles. The van der Waals surface area contributed by atoms with E-state index in [9.17, 15) is 0 Å². The molecule has 2 aromatic heterocycles. The second-order valence-corrected chi connectivity index (χ2v) is 5.35. The molecule has 0 bridgehead atoms. The summed E-state index contributed by atoms with van der Waals surface area (Å²) in [4.78, 5) is 4.06. The second-order valence-electron chi connectivity index (χ2n) is 5.35. The molecule has 1 aliphatic carbocycles. The van der Waals surface area contributed by atoms with E-state index in [4.69, 9.17) is 10.3 Å². The molecule has 1 saturated carbocycles. The van der Waals surface area contributed by atoms with Crippen LogP contribution in [0.1, 0.15) is 44.7 Å². The van der Waals surface area contributed by atoms with Gasteiger partial charge in [-0.2, -0.15) is 0 Å². The van der Waals surface area contributed by atoms with Crippen molar-refractivity contribution in [3.63, 3.8) is 0 Å². The van der Waals surface area contributed by atoms with Gasteiger partial charge in [-0.3, -0.25) is 4.98 Å². The number of nitrogen functional groups attached to an aromatic ring is 1. The molecule has 2 N–H and O–H groups in total. The van der Waals surface area contributed by atoms with E-state index in [2.05, 4.69) is 17.1 Å². The van der Waals surface area contributed by atoms with Gasteiger partial charge in [0.05, 0.1) is 11.3 Å². The van der Waals surface area contributed by atoms with Gasteiger partial charge in [-0.25, -0.2) is 0 Å². The lowest BCUT2D eigenvalue weighted by atomic mass is 9.77. The van der Waals surface area contributed by atoms with Gasteiger partial charge in [-0.1, -0.05) is 24.9 Å². The zero-order valence-electron chi connectivity index (χ0n) is 11.2. The highest BCUT2D eigenvalue weighted by molar-refractivity contribution is 5.75. The number of hydrogen-bond acceptors (Lipinski definition) is 4.